The molecule has 0 aliphatic heterocycles. The van der Waals surface area contributed by atoms with Crippen LogP contribution in [0, 0.1) is 11.6 Å². The molecule has 2 amide bonds. The molecule has 0 heterocycles. The third kappa shape index (κ3) is 4.67. The first-order valence-corrected chi connectivity index (χ1v) is 7.25. The van der Waals surface area contributed by atoms with Crippen LogP contribution in [0.15, 0.2) is 42.5 Å². The minimum absolute atomic E-state index is 0.216. The van der Waals surface area contributed by atoms with Gasteiger partial charge in [0.15, 0.2) is 0 Å². The Morgan fingerprint density at radius 2 is 1.87 bits per heavy atom. The summed E-state index contributed by atoms with van der Waals surface area (Å²) in [6.45, 7) is 4.07. The van der Waals surface area contributed by atoms with Gasteiger partial charge in [0.25, 0.3) is 0 Å². The van der Waals surface area contributed by atoms with E-state index in [-0.39, 0.29) is 5.56 Å². The number of anilines is 1. The van der Waals surface area contributed by atoms with Crippen molar-refractivity contribution in [3.8, 4) is 5.75 Å². The van der Waals surface area contributed by atoms with Gasteiger partial charge in [0.2, 0.25) is 0 Å². The molecule has 0 unspecified atom stereocenters. The summed E-state index contributed by atoms with van der Waals surface area (Å²) in [5, 5.41) is 5.24. The second kappa shape index (κ2) is 7.58. The molecule has 2 N–H and O–H groups in total. The standard InChI is InChI=1S/C17H18F2N2O2/c1-3-23-14-7-5-13(6-8-14)21-17(22)20-11(2)15-9-4-12(18)10-16(15)19/h4-11H,3H2,1-2H3,(H2,20,21,22)/t11-/m1/s1. The zero-order valence-electron chi connectivity index (χ0n) is 12.9. The predicted octanol–water partition coefficient (Wildman–Crippen LogP) is 4.25. The Bertz CT molecular complexity index is 675. The molecule has 0 aliphatic carbocycles. The Kier molecular flexibility index (Phi) is 5.51. The van der Waals surface area contributed by atoms with Gasteiger partial charge in [-0.05, 0) is 44.2 Å². The Hall–Kier alpha value is -2.63. The number of urea groups is 1. The van der Waals surface area contributed by atoms with Crippen LogP contribution in [0.1, 0.15) is 25.5 Å². The van der Waals surface area contributed by atoms with Crippen molar-refractivity contribution in [2.45, 2.75) is 19.9 Å². The maximum Gasteiger partial charge on any atom is 0.319 e. The molecule has 0 radical (unpaired) electrons. The summed E-state index contributed by atoms with van der Waals surface area (Å²) in [7, 11) is 0. The van der Waals surface area contributed by atoms with Crippen molar-refractivity contribution < 1.29 is 18.3 Å². The van der Waals surface area contributed by atoms with E-state index in [1.165, 1.54) is 6.07 Å². The van der Waals surface area contributed by atoms with Gasteiger partial charge in [-0.1, -0.05) is 6.07 Å². The lowest BCUT2D eigenvalue weighted by molar-refractivity contribution is 0.249. The van der Waals surface area contributed by atoms with Crippen LogP contribution in [0.3, 0.4) is 0 Å². The van der Waals surface area contributed by atoms with Crippen LogP contribution in [0.4, 0.5) is 19.3 Å². The maximum absolute atomic E-state index is 13.7. The van der Waals surface area contributed by atoms with Crippen molar-refractivity contribution in [2.24, 2.45) is 0 Å². The zero-order valence-corrected chi connectivity index (χ0v) is 12.9. The monoisotopic (exact) mass is 320 g/mol. The summed E-state index contributed by atoms with van der Waals surface area (Å²) < 4.78 is 31.9. The molecule has 0 bridgehead atoms. The number of carbonyl (C=O) groups is 1. The highest BCUT2D eigenvalue weighted by molar-refractivity contribution is 5.89. The van der Waals surface area contributed by atoms with Gasteiger partial charge in [-0.2, -0.15) is 0 Å². The quantitative estimate of drug-likeness (QED) is 0.865. The van der Waals surface area contributed by atoms with Gasteiger partial charge in [-0.3, -0.25) is 0 Å². The second-order valence-corrected chi connectivity index (χ2v) is 4.94. The molecule has 0 saturated carbocycles. The molecule has 0 aliphatic rings. The van der Waals surface area contributed by atoms with Gasteiger partial charge >= 0.3 is 6.03 Å². The van der Waals surface area contributed by atoms with Crippen LogP contribution in [-0.4, -0.2) is 12.6 Å². The molecule has 4 nitrogen and oxygen atoms in total. The van der Waals surface area contributed by atoms with E-state index in [2.05, 4.69) is 10.6 Å². The molecule has 1 atom stereocenters. The average Bonchev–Trinajstić information content (AvgIpc) is 2.49. The number of ether oxygens (including phenoxy) is 1. The Morgan fingerprint density at radius 3 is 2.48 bits per heavy atom. The van der Waals surface area contributed by atoms with E-state index in [0.29, 0.717) is 18.0 Å². The number of halogens is 2. The van der Waals surface area contributed by atoms with Gasteiger partial charge in [0.1, 0.15) is 17.4 Å². The van der Waals surface area contributed by atoms with Crippen molar-refractivity contribution in [1.29, 1.82) is 0 Å². The largest absolute Gasteiger partial charge is 0.494 e. The van der Waals surface area contributed by atoms with Crippen molar-refractivity contribution in [1.82, 2.24) is 5.32 Å². The molecular formula is C17H18F2N2O2. The fourth-order valence-electron chi connectivity index (χ4n) is 2.10. The SMILES string of the molecule is CCOc1ccc(NC(=O)N[C@H](C)c2ccc(F)cc2F)cc1. The predicted molar refractivity (Wildman–Crippen MR) is 84.5 cm³/mol. The molecule has 23 heavy (non-hydrogen) atoms. The molecule has 2 aromatic rings. The van der Waals surface area contributed by atoms with Gasteiger partial charge < -0.3 is 15.4 Å². The molecule has 2 rings (SSSR count). The van der Waals surface area contributed by atoms with Crippen LogP contribution in [0.5, 0.6) is 5.75 Å². The van der Waals surface area contributed by atoms with E-state index in [0.717, 1.165) is 12.1 Å². The molecule has 2 aromatic carbocycles. The van der Waals surface area contributed by atoms with Gasteiger partial charge in [0, 0.05) is 17.3 Å². The lowest BCUT2D eigenvalue weighted by Crippen LogP contribution is -2.31. The number of amides is 2. The number of rotatable bonds is 5. The zero-order chi connectivity index (χ0) is 16.8. The maximum atomic E-state index is 13.7. The smallest absolute Gasteiger partial charge is 0.319 e. The molecular weight excluding hydrogens is 302 g/mol. The summed E-state index contributed by atoms with van der Waals surface area (Å²) in [6, 6.07) is 9.06. The third-order valence-electron chi connectivity index (χ3n) is 3.20. The molecule has 0 aromatic heterocycles. The van der Waals surface area contributed by atoms with Crippen molar-refractivity contribution >= 4 is 11.7 Å². The Balaban J connectivity index is 1.95. The van der Waals surface area contributed by atoms with Gasteiger partial charge in [0.05, 0.1) is 12.6 Å². The van der Waals surface area contributed by atoms with Crippen LogP contribution in [-0.2, 0) is 0 Å². The summed E-state index contributed by atoms with van der Waals surface area (Å²) in [4.78, 5) is 11.9. The van der Waals surface area contributed by atoms with Crippen molar-refractivity contribution in [3.05, 3.63) is 59.7 Å². The molecule has 122 valence electrons. The van der Waals surface area contributed by atoms with Crippen molar-refractivity contribution in [2.75, 3.05) is 11.9 Å². The number of hydrogen-bond donors (Lipinski definition) is 2. The summed E-state index contributed by atoms with van der Waals surface area (Å²) in [6.07, 6.45) is 0. The van der Waals surface area contributed by atoms with Gasteiger partial charge in [-0.25, -0.2) is 13.6 Å². The number of carbonyl (C=O) groups excluding carboxylic acids is 1. The first-order chi connectivity index (χ1) is 11.0. The third-order valence-corrected chi connectivity index (χ3v) is 3.20. The summed E-state index contributed by atoms with van der Waals surface area (Å²) >= 11 is 0. The van der Waals surface area contributed by atoms with Crippen LogP contribution >= 0.6 is 0 Å². The fourth-order valence-corrected chi connectivity index (χ4v) is 2.10. The summed E-state index contributed by atoms with van der Waals surface area (Å²) in [5.41, 5.74) is 0.797. The van der Waals surface area contributed by atoms with E-state index in [4.69, 9.17) is 4.74 Å². The second-order valence-electron chi connectivity index (χ2n) is 4.94. The van der Waals surface area contributed by atoms with Crippen LogP contribution in [0.2, 0.25) is 0 Å². The highest BCUT2D eigenvalue weighted by Crippen LogP contribution is 2.19. The van der Waals surface area contributed by atoms with E-state index in [1.54, 1.807) is 31.2 Å². The van der Waals surface area contributed by atoms with E-state index in [1.807, 2.05) is 6.92 Å². The highest BCUT2D eigenvalue weighted by atomic mass is 19.1. The normalized spacial score (nSPS) is 11.7. The number of hydrogen-bond acceptors (Lipinski definition) is 2. The summed E-state index contributed by atoms with van der Waals surface area (Å²) in [5.74, 6) is -0.642. The number of nitrogens with one attached hydrogen (secondary N) is 2. The Labute approximate surface area is 133 Å². The van der Waals surface area contributed by atoms with Crippen LogP contribution < -0.4 is 15.4 Å². The van der Waals surface area contributed by atoms with Gasteiger partial charge in [-0.15, -0.1) is 0 Å². The number of benzene rings is 2. The molecule has 0 spiro atoms. The van der Waals surface area contributed by atoms with E-state index < -0.39 is 23.7 Å². The molecule has 0 fully saturated rings. The average molecular weight is 320 g/mol. The lowest BCUT2D eigenvalue weighted by Gasteiger charge is -2.16. The topological polar surface area (TPSA) is 50.4 Å². The minimum atomic E-state index is -0.695. The lowest BCUT2D eigenvalue weighted by atomic mass is 10.1. The highest BCUT2D eigenvalue weighted by Gasteiger charge is 2.14. The van der Waals surface area contributed by atoms with Crippen LogP contribution in [0.25, 0.3) is 0 Å². The van der Waals surface area contributed by atoms with E-state index >= 15 is 0 Å². The molecule has 6 heteroatoms. The molecule has 0 saturated heterocycles. The minimum Gasteiger partial charge on any atom is -0.494 e. The fraction of sp³-hybridized carbons (Fsp3) is 0.235. The first-order valence-electron chi connectivity index (χ1n) is 7.25. The first kappa shape index (κ1) is 16.7. The Morgan fingerprint density at radius 1 is 1.17 bits per heavy atom. The van der Waals surface area contributed by atoms with E-state index in [9.17, 15) is 13.6 Å². The van der Waals surface area contributed by atoms with Crippen molar-refractivity contribution in [3.63, 3.8) is 0 Å².